The number of benzene rings is 2. The van der Waals surface area contributed by atoms with Gasteiger partial charge in [-0.15, -0.1) is 0 Å². The lowest BCUT2D eigenvalue weighted by Crippen LogP contribution is -2.15. The van der Waals surface area contributed by atoms with Crippen LogP contribution in [0.3, 0.4) is 0 Å². The van der Waals surface area contributed by atoms with E-state index in [1.807, 2.05) is 0 Å². The van der Waals surface area contributed by atoms with Gasteiger partial charge in [0.05, 0.1) is 17.9 Å². The molecule has 2 rings (SSSR count). The minimum absolute atomic E-state index is 0.0320. The molecule has 0 fully saturated rings. The summed E-state index contributed by atoms with van der Waals surface area (Å²) < 4.78 is 32.8. The van der Waals surface area contributed by atoms with Crippen molar-refractivity contribution in [3.05, 3.63) is 52.5 Å². The van der Waals surface area contributed by atoms with E-state index in [1.54, 1.807) is 25.1 Å². The minimum Gasteiger partial charge on any atom is -0.462 e. The molecule has 1 amide bonds. The largest absolute Gasteiger partial charge is 0.462 e. The molecule has 0 aromatic heterocycles. The van der Waals surface area contributed by atoms with E-state index in [0.29, 0.717) is 5.69 Å². The zero-order valence-corrected chi connectivity index (χ0v) is 16.5. The summed E-state index contributed by atoms with van der Waals surface area (Å²) in [5, 5.41) is 2.58. The summed E-state index contributed by atoms with van der Waals surface area (Å²) >= 11 is 3.18. The Morgan fingerprint density at radius 3 is 2.42 bits per heavy atom. The lowest BCUT2D eigenvalue weighted by Gasteiger charge is -2.12. The van der Waals surface area contributed by atoms with Crippen molar-refractivity contribution >= 4 is 49.2 Å². The molecular weight excluding hydrogens is 424 g/mol. The Labute approximate surface area is 159 Å². The average molecular weight is 441 g/mol. The number of nitrogens with one attached hydrogen (secondary N) is 2. The third-order valence-electron chi connectivity index (χ3n) is 3.17. The number of rotatable bonds is 6. The summed E-state index contributed by atoms with van der Waals surface area (Å²) in [6.07, 6.45) is 0. The minimum atomic E-state index is -3.91. The van der Waals surface area contributed by atoms with Crippen LogP contribution in [0, 0.1) is 0 Å². The van der Waals surface area contributed by atoms with Gasteiger partial charge >= 0.3 is 5.97 Å². The quantitative estimate of drug-likeness (QED) is 0.670. The maximum absolute atomic E-state index is 12.6. The fourth-order valence-corrected chi connectivity index (χ4v) is 4.26. The number of anilines is 2. The van der Waals surface area contributed by atoms with Crippen LogP contribution in [0.1, 0.15) is 24.2 Å². The first-order chi connectivity index (χ1) is 12.2. The summed E-state index contributed by atoms with van der Waals surface area (Å²) in [6, 6.07) is 10.4. The predicted molar refractivity (Wildman–Crippen MR) is 102 cm³/mol. The molecule has 0 aliphatic rings. The highest BCUT2D eigenvalue weighted by Gasteiger charge is 2.20. The Hall–Kier alpha value is -2.39. The third kappa shape index (κ3) is 5.06. The number of sulfonamides is 1. The molecule has 0 saturated carbocycles. The molecular formula is C17H17BrN2O5S. The molecule has 2 N–H and O–H groups in total. The number of carbonyl (C=O) groups excluding carboxylic acids is 2. The van der Waals surface area contributed by atoms with Crippen LogP contribution in [0.5, 0.6) is 0 Å². The predicted octanol–water partition coefficient (Wildman–Crippen LogP) is 3.39. The topological polar surface area (TPSA) is 102 Å². The van der Waals surface area contributed by atoms with Crippen molar-refractivity contribution in [3.8, 4) is 0 Å². The highest BCUT2D eigenvalue weighted by Crippen LogP contribution is 2.26. The van der Waals surface area contributed by atoms with E-state index in [1.165, 1.54) is 31.2 Å². The average Bonchev–Trinajstić information content (AvgIpc) is 2.54. The Balaban J connectivity index is 2.28. The molecule has 0 spiro atoms. The van der Waals surface area contributed by atoms with Gasteiger partial charge in [-0.3, -0.25) is 9.52 Å². The molecule has 0 aliphatic carbocycles. The van der Waals surface area contributed by atoms with Gasteiger partial charge in [-0.25, -0.2) is 13.2 Å². The summed E-state index contributed by atoms with van der Waals surface area (Å²) in [6.45, 7) is 3.27. The van der Waals surface area contributed by atoms with Crippen LogP contribution in [0.4, 0.5) is 11.4 Å². The molecule has 0 unspecified atom stereocenters. The van der Waals surface area contributed by atoms with Gasteiger partial charge in [0.25, 0.3) is 10.0 Å². The van der Waals surface area contributed by atoms with Crippen molar-refractivity contribution in [2.75, 3.05) is 16.6 Å². The van der Waals surface area contributed by atoms with Crippen LogP contribution >= 0.6 is 15.9 Å². The first kappa shape index (κ1) is 19.9. The first-order valence-corrected chi connectivity index (χ1v) is 9.87. The number of esters is 1. The van der Waals surface area contributed by atoms with E-state index in [0.717, 1.165) is 0 Å². The van der Waals surface area contributed by atoms with Crippen molar-refractivity contribution < 1.29 is 22.7 Å². The molecule has 2 aromatic carbocycles. The van der Waals surface area contributed by atoms with E-state index < -0.39 is 16.0 Å². The maximum atomic E-state index is 12.6. The molecule has 0 atom stereocenters. The highest BCUT2D eigenvalue weighted by atomic mass is 79.9. The maximum Gasteiger partial charge on any atom is 0.338 e. The molecule has 26 heavy (non-hydrogen) atoms. The molecule has 0 bridgehead atoms. The van der Waals surface area contributed by atoms with E-state index in [2.05, 4.69) is 26.0 Å². The Morgan fingerprint density at radius 2 is 1.81 bits per heavy atom. The molecule has 0 aliphatic heterocycles. The van der Waals surface area contributed by atoms with Crippen LogP contribution in [-0.4, -0.2) is 26.9 Å². The van der Waals surface area contributed by atoms with Crippen LogP contribution < -0.4 is 10.0 Å². The summed E-state index contributed by atoms with van der Waals surface area (Å²) in [5.74, 6) is -0.796. The first-order valence-electron chi connectivity index (χ1n) is 7.60. The second-order valence-corrected chi connectivity index (χ2v) is 7.74. The lowest BCUT2D eigenvalue weighted by atomic mass is 10.2. The molecule has 138 valence electrons. The molecule has 2 aromatic rings. The van der Waals surface area contributed by atoms with E-state index in [-0.39, 0.29) is 33.1 Å². The number of hydrogen-bond acceptors (Lipinski definition) is 5. The van der Waals surface area contributed by atoms with Gasteiger partial charge in [0.1, 0.15) is 4.90 Å². The standard InChI is InChI=1S/C17H17BrN2O5S/c1-3-25-17(22)12-7-8-16(15(18)9-12)26(23,24)20-14-6-4-5-13(10-14)19-11(2)21/h4-10,20H,3H2,1-2H3,(H,19,21). The van der Waals surface area contributed by atoms with Gasteiger partial charge in [0.2, 0.25) is 5.91 Å². The summed E-state index contributed by atoms with van der Waals surface area (Å²) in [5.41, 5.74) is 0.998. The van der Waals surface area contributed by atoms with Crippen molar-refractivity contribution in [2.24, 2.45) is 0 Å². The summed E-state index contributed by atoms with van der Waals surface area (Å²) in [4.78, 5) is 22.8. The fraction of sp³-hybridized carbons (Fsp3) is 0.176. The Morgan fingerprint density at radius 1 is 1.12 bits per heavy atom. The number of carbonyl (C=O) groups is 2. The van der Waals surface area contributed by atoms with Gasteiger partial charge in [-0.2, -0.15) is 0 Å². The molecule has 0 heterocycles. The smallest absolute Gasteiger partial charge is 0.338 e. The lowest BCUT2D eigenvalue weighted by molar-refractivity contribution is -0.114. The number of halogens is 1. The number of amides is 1. The number of hydrogen-bond donors (Lipinski definition) is 2. The molecule has 9 heteroatoms. The van der Waals surface area contributed by atoms with Crippen LogP contribution in [-0.2, 0) is 19.6 Å². The van der Waals surface area contributed by atoms with E-state index >= 15 is 0 Å². The van der Waals surface area contributed by atoms with E-state index in [4.69, 9.17) is 4.74 Å². The summed E-state index contributed by atoms with van der Waals surface area (Å²) in [7, 11) is -3.91. The van der Waals surface area contributed by atoms with Crippen molar-refractivity contribution in [1.29, 1.82) is 0 Å². The zero-order chi connectivity index (χ0) is 19.3. The second kappa shape index (κ2) is 8.33. The highest BCUT2D eigenvalue weighted by molar-refractivity contribution is 9.10. The Kier molecular flexibility index (Phi) is 6.38. The SMILES string of the molecule is CCOC(=O)c1ccc(S(=O)(=O)Nc2cccc(NC(C)=O)c2)c(Br)c1. The van der Waals surface area contributed by atoms with Gasteiger partial charge < -0.3 is 10.1 Å². The molecule has 0 radical (unpaired) electrons. The van der Waals surface area contributed by atoms with Gasteiger partial charge in [-0.1, -0.05) is 6.07 Å². The number of ether oxygens (including phenoxy) is 1. The van der Waals surface area contributed by atoms with Crippen LogP contribution in [0.15, 0.2) is 51.8 Å². The van der Waals surface area contributed by atoms with Crippen molar-refractivity contribution in [1.82, 2.24) is 0 Å². The van der Waals surface area contributed by atoms with Gasteiger partial charge in [-0.05, 0) is 59.3 Å². The molecule has 0 saturated heterocycles. The normalized spacial score (nSPS) is 10.9. The monoisotopic (exact) mass is 440 g/mol. The van der Waals surface area contributed by atoms with Crippen LogP contribution in [0.2, 0.25) is 0 Å². The van der Waals surface area contributed by atoms with Gasteiger partial charge in [0, 0.05) is 17.1 Å². The fourth-order valence-electron chi connectivity index (χ4n) is 2.13. The second-order valence-electron chi connectivity index (χ2n) is 5.23. The third-order valence-corrected chi connectivity index (χ3v) is 5.53. The zero-order valence-electron chi connectivity index (χ0n) is 14.1. The van der Waals surface area contributed by atoms with Crippen molar-refractivity contribution in [2.45, 2.75) is 18.7 Å². The van der Waals surface area contributed by atoms with Crippen LogP contribution in [0.25, 0.3) is 0 Å². The van der Waals surface area contributed by atoms with Gasteiger partial charge in [0.15, 0.2) is 0 Å². The van der Waals surface area contributed by atoms with E-state index in [9.17, 15) is 18.0 Å². The Bertz CT molecular complexity index is 944. The molecule has 7 nitrogen and oxygen atoms in total. The van der Waals surface area contributed by atoms with Crippen molar-refractivity contribution in [3.63, 3.8) is 0 Å².